The van der Waals surface area contributed by atoms with Crippen molar-refractivity contribution in [3.8, 4) is 11.5 Å². The fourth-order valence-electron chi connectivity index (χ4n) is 3.09. The topological polar surface area (TPSA) is 47.6 Å². The number of para-hydroxylation sites is 2. The molecule has 0 radical (unpaired) electrons. The molecule has 0 unspecified atom stereocenters. The molecule has 1 aliphatic rings. The van der Waals surface area contributed by atoms with Crippen LogP contribution in [0.25, 0.3) is 0 Å². The lowest BCUT2D eigenvalue weighted by Gasteiger charge is -2.24. The molecule has 23 heavy (non-hydrogen) atoms. The molecule has 0 bridgehead atoms. The summed E-state index contributed by atoms with van der Waals surface area (Å²) >= 11 is 0. The van der Waals surface area contributed by atoms with Gasteiger partial charge in [-0.25, -0.2) is 0 Å². The van der Waals surface area contributed by atoms with Crippen LogP contribution in [0.3, 0.4) is 0 Å². The summed E-state index contributed by atoms with van der Waals surface area (Å²) in [6.07, 6.45) is 8.61. The molecule has 1 aromatic carbocycles. The van der Waals surface area contributed by atoms with E-state index in [2.05, 4.69) is 5.32 Å². The zero-order valence-corrected chi connectivity index (χ0v) is 14.3. The third-order valence-electron chi connectivity index (χ3n) is 4.45. The first kappa shape index (κ1) is 17.6. The number of methoxy groups -OCH3 is 1. The van der Waals surface area contributed by atoms with E-state index in [4.69, 9.17) is 9.47 Å². The Kier molecular flexibility index (Phi) is 7.24. The summed E-state index contributed by atoms with van der Waals surface area (Å²) in [5, 5.41) is 3.19. The third kappa shape index (κ3) is 5.45. The van der Waals surface area contributed by atoms with E-state index in [0.717, 1.165) is 12.8 Å². The van der Waals surface area contributed by atoms with Crippen LogP contribution in [0.1, 0.15) is 58.3 Å². The van der Waals surface area contributed by atoms with Crippen LogP contribution in [-0.2, 0) is 4.79 Å². The van der Waals surface area contributed by atoms with Crippen LogP contribution >= 0.6 is 0 Å². The van der Waals surface area contributed by atoms with Gasteiger partial charge in [-0.3, -0.25) is 4.79 Å². The van der Waals surface area contributed by atoms with Gasteiger partial charge in [-0.15, -0.1) is 0 Å². The Balaban J connectivity index is 1.94. The highest BCUT2D eigenvalue weighted by Gasteiger charge is 2.23. The molecule has 1 aliphatic carbocycles. The second-order valence-electron chi connectivity index (χ2n) is 6.22. The summed E-state index contributed by atoms with van der Waals surface area (Å²) in [4.78, 5) is 12.6. The molecule has 0 aromatic heterocycles. The summed E-state index contributed by atoms with van der Waals surface area (Å²) in [5.41, 5.74) is 0. The summed E-state index contributed by atoms with van der Waals surface area (Å²) in [6.45, 7) is 1.97. The SMILES string of the molecule is CC[C@@H](Oc1ccccc1OC)C(=O)NC1CCCCCCC1. The number of carbonyl (C=O) groups is 1. The van der Waals surface area contributed by atoms with Gasteiger partial charge in [0.2, 0.25) is 0 Å². The monoisotopic (exact) mass is 319 g/mol. The highest BCUT2D eigenvalue weighted by molar-refractivity contribution is 5.81. The van der Waals surface area contributed by atoms with E-state index in [1.807, 2.05) is 31.2 Å². The fourth-order valence-corrected chi connectivity index (χ4v) is 3.09. The van der Waals surface area contributed by atoms with E-state index in [0.29, 0.717) is 17.9 Å². The van der Waals surface area contributed by atoms with E-state index in [9.17, 15) is 4.79 Å². The first-order chi connectivity index (χ1) is 11.2. The average molecular weight is 319 g/mol. The Labute approximate surface area is 139 Å². The number of carbonyl (C=O) groups excluding carboxylic acids is 1. The Bertz CT molecular complexity index is 481. The molecule has 1 aromatic rings. The minimum Gasteiger partial charge on any atom is -0.493 e. The zero-order valence-electron chi connectivity index (χ0n) is 14.3. The average Bonchev–Trinajstić information content (AvgIpc) is 2.55. The lowest BCUT2D eigenvalue weighted by molar-refractivity contribution is -0.129. The highest BCUT2D eigenvalue weighted by atomic mass is 16.5. The predicted molar refractivity (Wildman–Crippen MR) is 92.0 cm³/mol. The van der Waals surface area contributed by atoms with Crippen LogP contribution in [0, 0.1) is 0 Å². The number of nitrogens with one attached hydrogen (secondary N) is 1. The number of amides is 1. The highest BCUT2D eigenvalue weighted by Crippen LogP contribution is 2.27. The molecule has 1 amide bonds. The smallest absolute Gasteiger partial charge is 0.261 e. The molecule has 1 saturated carbocycles. The van der Waals surface area contributed by atoms with E-state index < -0.39 is 6.10 Å². The van der Waals surface area contributed by atoms with Crippen molar-refractivity contribution in [1.29, 1.82) is 0 Å². The molecule has 0 saturated heterocycles. The van der Waals surface area contributed by atoms with Gasteiger partial charge in [0.25, 0.3) is 5.91 Å². The van der Waals surface area contributed by atoms with Crippen molar-refractivity contribution in [3.63, 3.8) is 0 Å². The van der Waals surface area contributed by atoms with Crippen molar-refractivity contribution in [1.82, 2.24) is 5.32 Å². The largest absolute Gasteiger partial charge is 0.493 e. The Morgan fingerprint density at radius 2 is 1.74 bits per heavy atom. The predicted octanol–water partition coefficient (Wildman–Crippen LogP) is 4.08. The summed E-state index contributed by atoms with van der Waals surface area (Å²) < 4.78 is 11.2. The van der Waals surface area contributed by atoms with Gasteiger partial charge in [0.15, 0.2) is 17.6 Å². The number of rotatable bonds is 6. The lowest BCUT2D eigenvalue weighted by atomic mass is 9.96. The fraction of sp³-hybridized carbons (Fsp3) is 0.632. The summed E-state index contributed by atoms with van der Waals surface area (Å²) in [5.74, 6) is 1.27. The van der Waals surface area contributed by atoms with Crippen LogP contribution in [0.2, 0.25) is 0 Å². The second kappa shape index (κ2) is 9.43. The van der Waals surface area contributed by atoms with E-state index in [1.54, 1.807) is 7.11 Å². The molecule has 4 nitrogen and oxygen atoms in total. The number of hydrogen-bond donors (Lipinski definition) is 1. The zero-order chi connectivity index (χ0) is 16.5. The van der Waals surface area contributed by atoms with E-state index in [-0.39, 0.29) is 11.9 Å². The summed E-state index contributed by atoms with van der Waals surface area (Å²) in [6, 6.07) is 7.75. The van der Waals surface area contributed by atoms with E-state index >= 15 is 0 Å². The van der Waals surface area contributed by atoms with Gasteiger partial charge in [0, 0.05) is 6.04 Å². The first-order valence-electron chi connectivity index (χ1n) is 8.84. The Morgan fingerprint density at radius 3 is 2.35 bits per heavy atom. The molecule has 0 heterocycles. The van der Waals surface area contributed by atoms with E-state index in [1.165, 1.54) is 32.1 Å². The number of benzene rings is 1. The molecule has 2 rings (SSSR count). The molecular weight excluding hydrogens is 290 g/mol. The van der Waals surface area contributed by atoms with Gasteiger partial charge < -0.3 is 14.8 Å². The first-order valence-corrected chi connectivity index (χ1v) is 8.84. The molecule has 1 N–H and O–H groups in total. The van der Waals surface area contributed by atoms with Crippen LogP contribution in [0.5, 0.6) is 11.5 Å². The normalized spacial score (nSPS) is 17.7. The van der Waals surface area contributed by atoms with Crippen LogP contribution in [0.4, 0.5) is 0 Å². The summed E-state index contributed by atoms with van der Waals surface area (Å²) in [7, 11) is 1.61. The van der Waals surface area contributed by atoms with Crippen molar-refractivity contribution in [2.24, 2.45) is 0 Å². The minimum atomic E-state index is -0.475. The van der Waals surface area contributed by atoms with Crippen molar-refractivity contribution in [2.75, 3.05) is 7.11 Å². The van der Waals surface area contributed by atoms with Crippen LogP contribution in [-0.4, -0.2) is 25.2 Å². The molecule has 128 valence electrons. The van der Waals surface area contributed by atoms with Crippen molar-refractivity contribution >= 4 is 5.91 Å². The maximum Gasteiger partial charge on any atom is 0.261 e. The van der Waals surface area contributed by atoms with Gasteiger partial charge in [0.1, 0.15) is 0 Å². The maximum absolute atomic E-state index is 12.6. The Hall–Kier alpha value is -1.71. The quantitative estimate of drug-likeness (QED) is 0.859. The lowest BCUT2D eigenvalue weighted by Crippen LogP contribution is -2.43. The minimum absolute atomic E-state index is 0.0102. The van der Waals surface area contributed by atoms with Crippen molar-refractivity contribution < 1.29 is 14.3 Å². The second-order valence-corrected chi connectivity index (χ2v) is 6.22. The molecule has 0 aliphatic heterocycles. The van der Waals surface area contributed by atoms with Crippen molar-refractivity contribution in [2.45, 2.75) is 70.4 Å². The van der Waals surface area contributed by atoms with Gasteiger partial charge in [-0.1, -0.05) is 51.2 Å². The molecule has 0 spiro atoms. The molecular formula is C19H29NO3. The van der Waals surface area contributed by atoms with Gasteiger partial charge in [-0.05, 0) is 31.4 Å². The molecule has 4 heteroatoms. The van der Waals surface area contributed by atoms with Crippen LogP contribution < -0.4 is 14.8 Å². The van der Waals surface area contributed by atoms with Gasteiger partial charge >= 0.3 is 0 Å². The molecule has 1 fully saturated rings. The number of ether oxygens (including phenoxy) is 2. The molecule has 1 atom stereocenters. The van der Waals surface area contributed by atoms with Crippen molar-refractivity contribution in [3.05, 3.63) is 24.3 Å². The Morgan fingerprint density at radius 1 is 1.13 bits per heavy atom. The van der Waals surface area contributed by atoms with Gasteiger partial charge in [0.05, 0.1) is 7.11 Å². The van der Waals surface area contributed by atoms with Crippen LogP contribution in [0.15, 0.2) is 24.3 Å². The number of hydrogen-bond acceptors (Lipinski definition) is 3. The third-order valence-corrected chi connectivity index (χ3v) is 4.45. The van der Waals surface area contributed by atoms with Gasteiger partial charge in [-0.2, -0.15) is 0 Å². The maximum atomic E-state index is 12.6. The standard InChI is InChI=1S/C19H29NO3/c1-3-16(23-18-14-10-9-13-17(18)22-2)19(21)20-15-11-7-5-4-6-8-12-15/h9-10,13-16H,3-8,11-12H2,1-2H3,(H,20,21)/t16-/m1/s1.